The third kappa shape index (κ3) is 3.42. The zero-order valence-electron chi connectivity index (χ0n) is 15.4. The van der Waals surface area contributed by atoms with Crippen molar-refractivity contribution in [3.05, 3.63) is 57.1 Å². The highest BCUT2D eigenvalue weighted by atomic mass is 79.9. The molecule has 2 aliphatic rings. The topological polar surface area (TPSA) is 38.8 Å². The second kappa shape index (κ2) is 7.79. The molecule has 7 heteroatoms. The van der Waals surface area contributed by atoms with Crippen molar-refractivity contribution in [2.75, 3.05) is 38.3 Å². The van der Waals surface area contributed by atoms with Gasteiger partial charge in [0, 0.05) is 30.1 Å². The van der Waals surface area contributed by atoms with Crippen molar-refractivity contribution in [2.24, 2.45) is 5.92 Å². The number of carbonyl (C=O) groups is 1. The Hall–Kier alpha value is -1.99. The van der Waals surface area contributed by atoms with Crippen LogP contribution < -0.4 is 9.64 Å². The molecule has 4 nitrogen and oxygen atoms in total. The predicted octanol–water partition coefficient (Wildman–Crippen LogP) is 4.17. The molecule has 2 aromatic carbocycles. The zero-order valence-corrected chi connectivity index (χ0v) is 17.0. The van der Waals surface area contributed by atoms with Gasteiger partial charge in [0.15, 0.2) is 5.78 Å². The van der Waals surface area contributed by atoms with Crippen molar-refractivity contribution >= 4 is 27.4 Å². The molecule has 0 spiro atoms. The Labute approximate surface area is 170 Å². The van der Waals surface area contributed by atoms with E-state index in [-0.39, 0.29) is 22.2 Å². The second-order valence-electron chi connectivity index (χ2n) is 7.07. The third-order valence-electron chi connectivity index (χ3n) is 5.45. The summed E-state index contributed by atoms with van der Waals surface area (Å²) in [4.78, 5) is 15.1. The summed E-state index contributed by atoms with van der Waals surface area (Å²) in [5, 5.41) is 0. The number of carbonyl (C=O) groups excluding carboxylic acids is 1. The van der Waals surface area contributed by atoms with Crippen LogP contribution in [0, 0.1) is 17.6 Å². The van der Waals surface area contributed by atoms with Gasteiger partial charge in [0.25, 0.3) is 0 Å². The number of ether oxygens (including phenoxy) is 2. The highest BCUT2D eigenvalue weighted by Crippen LogP contribution is 2.39. The number of Topliss-reactive ketones (excluding diaryl/α,β-unsaturated/α-hetero) is 1. The number of rotatable bonds is 4. The third-order valence-corrected chi connectivity index (χ3v) is 6.06. The van der Waals surface area contributed by atoms with E-state index in [1.54, 1.807) is 13.2 Å². The van der Waals surface area contributed by atoms with E-state index in [9.17, 15) is 13.6 Å². The Balaban J connectivity index is 1.64. The number of fused-ring (bicyclic) bond motifs is 1. The van der Waals surface area contributed by atoms with Crippen LogP contribution in [0.1, 0.15) is 21.5 Å². The summed E-state index contributed by atoms with van der Waals surface area (Å²) in [5.41, 5.74) is 2.35. The molecule has 1 saturated heterocycles. The van der Waals surface area contributed by atoms with Crippen LogP contribution in [0.3, 0.4) is 0 Å². The van der Waals surface area contributed by atoms with Gasteiger partial charge in [-0.05, 0) is 58.6 Å². The average Bonchev–Trinajstić information content (AvgIpc) is 3.02. The Kier molecular flexibility index (Phi) is 5.38. The van der Waals surface area contributed by atoms with Gasteiger partial charge in [-0.2, -0.15) is 0 Å². The van der Waals surface area contributed by atoms with Crippen LogP contribution in [0.2, 0.25) is 0 Å². The molecule has 0 bridgehead atoms. The molecule has 1 heterocycles. The number of anilines is 1. The lowest BCUT2D eigenvalue weighted by Gasteiger charge is -2.30. The normalized spacial score (nSPS) is 19.1. The van der Waals surface area contributed by atoms with Gasteiger partial charge in [-0.1, -0.05) is 0 Å². The SMILES string of the molecule is COc1cc2c(cc1N1CCOCC1)CC(Cc1c(F)ccc(Br)c1F)C2=O. The summed E-state index contributed by atoms with van der Waals surface area (Å²) in [6, 6.07) is 6.29. The zero-order chi connectivity index (χ0) is 19.8. The smallest absolute Gasteiger partial charge is 0.167 e. The number of benzene rings is 2. The number of halogens is 3. The van der Waals surface area contributed by atoms with E-state index in [0.29, 0.717) is 30.9 Å². The molecule has 4 rings (SSSR count). The van der Waals surface area contributed by atoms with Crippen LogP contribution in [0.5, 0.6) is 5.75 Å². The second-order valence-corrected chi connectivity index (χ2v) is 7.93. The minimum Gasteiger partial charge on any atom is -0.495 e. The van der Waals surface area contributed by atoms with Crippen LogP contribution in [-0.2, 0) is 17.6 Å². The van der Waals surface area contributed by atoms with Gasteiger partial charge in [-0.3, -0.25) is 4.79 Å². The lowest BCUT2D eigenvalue weighted by atomic mass is 9.95. The average molecular weight is 452 g/mol. The first-order chi connectivity index (χ1) is 13.5. The fraction of sp³-hybridized carbons (Fsp3) is 0.381. The van der Waals surface area contributed by atoms with Crippen molar-refractivity contribution in [3.63, 3.8) is 0 Å². The predicted molar refractivity (Wildman–Crippen MR) is 105 cm³/mol. The van der Waals surface area contributed by atoms with Gasteiger partial charge in [0.1, 0.15) is 17.4 Å². The largest absolute Gasteiger partial charge is 0.495 e. The van der Waals surface area contributed by atoms with Crippen molar-refractivity contribution in [1.82, 2.24) is 0 Å². The first-order valence-electron chi connectivity index (χ1n) is 9.19. The first-order valence-corrected chi connectivity index (χ1v) is 9.99. The molecule has 0 aromatic heterocycles. The quantitative estimate of drug-likeness (QED) is 0.653. The van der Waals surface area contributed by atoms with E-state index in [1.807, 2.05) is 6.07 Å². The molecule has 0 radical (unpaired) electrons. The van der Waals surface area contributed by atoms with Crippen LogP contribution in [0.4, 0.5) is 14.5 Å². The minimum atomic E-state index is -0.643. The Bertz CT molecular complexity index is 928. The molecule has 1 unspecified atom stereocenters. The molecule has 0 amide bonds. The van der Waals surface area contributed by atoms with E-state index >= 15 is 0 Å². The number of hydrogen-bond acceptors (Lipinski definition) is 4. The first kappa shape index (κ1) is 19.3. The minimum absolute atomic E-state index is 0.0276. The van der Waals surface area contributed by atoms with E-state index in [4.69, 9.17) is 9.47 Å². The van der Waals surface area contributed by atoms with Crippen LogP contribution in [0.15, 0.2) is 28.7 Å². The van der Waals surface area contributed by atoms with E-state index in [0.717, 1.165) is 24.3 Å². The van der Waals surface area contributed by atoms with E-state index < -0.39 is 17.6 Å². The lowest BCUT2D eigenvalue weighted by molar-refractivity contribution is 0.0935. The molecule has 1 aliphatic carbocycles. The Morgan fingerprint density at radius 2 is 2.00 bits per heavy atom. The molecule has 1 atom stereocenters. The fourth-order valence-electron chi connectivity index (χ4n) is 3.97. The van der Waals surface area contributed by atoms with Crippen molar-refractivity contribution in [1.29, 1.82) is 0 Å². The molecule has 0 saturated carbocycles. The molecular formula is C21H20BrF2NO3. The number of hydrogen-bond donors (Lipinski definition) is 0. The van der Waals surface area contributed by atoms with Crippen molar-refractivity contribution in [2.45, 2.75) is 12.8 Å². The molecular weight excluding hydrogens is 432 g/mol. The van der Waals surface area contributed by atoms with Crippen LogP contribution >= 0.6 is 15.9 Å². The molecule has 2 aromatic rings. The maximum absolute atomic E-state index is 14.4. The number of methoxy groups -OCH3 is 1. The summed E-state index contributed by atoms with van der Waals surface area (Å²) in [6.07, 6.45) is 0.487. The van der Waals surface area contributed by atoms with E-state index in [2.05, 4.69) is 20.8 Å². The fourth-order valence-corrected chi connectivity index (χ4v) is 4.34. The maximum Gasteiger partial charge on any atom is 0.167 e. The van der Waals surface area contributed by atoms with Gasteiger partial charge in [-0.25, -0.2) is 8.78 Å². The summed E-state index contributed by atoms with van der Waals surface area (Å²) in [7, 11) is 1.58. The lowest BCUT2D eigenvalue weighted by Crippen LogP contribution is -2.36. The maximum atomic E-state index is 14.4. The van der Waals surface area contributed by atoms with Gasteiger partial charge < -0.3 is 14.4 Å². The number of nitrogens with zero attached hydrogens (tertiary/aromatic N) is 1. The van der Waals surface area contributed by atoms with Gasteiger partial charge in [0.2, 0.25) is 0 Å². The highest BCUT2D eigenvalue weighted by Gasteiger charge is 2.34. The van der Waals surface area contributed by atoms with E-state index in [1.165, 1.54) is 12.1 Å². The van der Waals surface area contributed by atoms with Gasteiger partial charge >= 0.3 is 0 Å². The molecule has 1 aliphatic heterocycles. The Morgan fingerprint density at radius 1 is 1.25 bits per heavy atom. The number of morpholine rings is 1. The van der Waals surface area contributed by atoms with Gasteiger partial charge in [0.05, 0.1) is 30.5 Å². The summed E-state index contributed by atoms with van der Waals surface area (Å²) in [6.45, 7) is 2.79. The van der Waals surface area contributed by atoms with Crippen molar-refractivity contribution < 1.29 is 23.0 Å². The van der Waals surface area contributed by atoms with Crippen LogP contribution in [0.25, 0.3) is 0 Å². The Morgan fingerprint density at radius 3 is 2.71 bits per heavy atom. The molecule has 1 fully saturated rings. The van der Waals surface area contributed by atoms with Gasteiger partial charge in [-0.15, -0.1) is 0 Å². The van der Waals surface area contributed by atoms with Crippen LogP contribution in [-0.4, -0.2) is 39.2 Å². The molecule has 148 valence electrons. The molecule has 0 N–H and O–H groups in total. The summed E-state index contributed by atoms with van der Waals surface area (Å²) in [5.74, 6) is -1.22. The summed E-state index contributed by atoms with van der Waals surface area (Å²) >= 11 is 3.09. The number of ketones is 1. The monoisotopic (exact) mass is 451 g/mol. The standard InChI is InChI=1S/C21H20BrF2NO3/c1-27-19-11-14-12(10-18(19)25-4-6-28-7-5-25)8-13(21(14)26)9-15-17(23)3-2-16(22)20(15)24/h2-3,10-11,13H,4-9H2,1H3. The molecule has 28 heavy (non-hydrogen) atoms. The highest BCUT2D eigenvalue weighted by molar-refractivity contribution is 9.10. The van der Waals surface area contributed by atoms with Crippen molar-refractivity contribution in [3.8, 4) is 5.75 Å². The summed E-state index contributed by atoms with van der Waals surface area (Å²) < 4.78 is 39.6.